The molecule has 4 heterocycles. The van der Waals surface area contributed by atoms with Gasteiger partial charge in [0.1, 0.15) is 6.04 Å². The maximum Gasteiger partial charge on any atom is 0.238 e. The number of carbonyl (C=O) groups is 1. The van der Waals surface area contributed by atoms with Gasteiger partial charge < -0.3 is 5.32 Å². The molecule has 7 heteroatoms. The number of hydrazine groups is 1. The highest BCUT2D eigenvalue weighted by Crippen LogP contribution is 2.22. The van der Waals surface area contributed by atoms with E-state index in [1.54, 1.807) is 12.4 Å². The van der Waals surface area contributed by atoms with E-state index in [1.165, 1.54) is 0 Å². The van der Waals surface area contributed by atoms with Crippen LogP contribution in [-0.2, 0) is 11.3 Å². The Morgan fingerprint density at radius 1 is 1.11 bits per heavy atom. The molecule has 0 saturated carbocycles. The second-order valence-corrected chi connectivity index (χ2v) is 7.29. The molecule has 0 aliphatic carbocycles. The average molecular weight is 366 g/mol. The number of amides is 1. The van der Waals surface area contributed by atoms with E-state index in [9.17, 15) is 4.79 Å². The lowest BCUT2D eigenvalue weighted by molar-refractivity contribution is -0.123. The number of nitrogens with zero attached hydrogens (tertiary/aromatic N) is 3. The molecular formula is C20H26N6O. The maximum atomic E-state index is 12.6. The van der Waals surface area contributed by atoms with Crippen molar-refractivity contribution in [3.63, 3.8) is 0 Å². The van der Waals surface area contributed by atoms with Crippen LogP contribution in [0, 0.1) is 0 Å². The highest BCUT2D eigenvalue weighted by molar-refractivity contribution is 5.82. The number of hydrogen-bond donors (Lipinski definition) is 3. The third-order valence-electron chi connectivity index (χ3n) is 5.37. The van der Waals surface area contributed by atoms with Gasteiger partial charge in [0.25, 0.3) is 0 Å². The number of hydrogen-bond acceptors (Lipinski definition) is 6. The summed E-state index contributed by atoms with van der Waals surface area (Å²) >= 11 is 0. The lowest BCUT2D eigenvalue weighted by Gasteiger charge is -2.32. The van der Waals surface area contributed by atoms with E-state index in [-0.39, 0.29) is 24.0 Å². The van der Waals surface area contributed by atoms with Crippen LogP contribution in [0.2, 0.25) is 0 Å². The maximum absolute atomic E-state index is 12.6. The van der Waals surface area contributed by atoms with Gasteiger partial charge in [0.2, 0.25) is 5.91 Å². The standard InChI is InChI=1S/C20H26N6O/c27-20(19-13-18(24-25-19)15-4-9-21-10-5-15)23-16-6-11-26(12-7-16)14-17-3-1-2-8-22-17/h1-5,8-10,16,18-19,24-25H,6-7,11-14H2,(H,23,27). The lowest BCUT2D eigenvalue weighted by Crippen LogP contribution is -2.50. The zero-order chi connectivity index (χ0) is 18.5. The number of carbonyl (C=O) groups excluding carboxylic acids is 1. The fraction of sp³-hybridized carbons (Fsp3) is 0.450. The molecule has 142 valence electrons. The second-order valence-electron chi connectivity index (χ2n) is 7.29. The molecule has 0 radical (unpaired) electrons. The van der Waals surface area contributed by atoms with Gasteiger partial charge in [0.05, 0.1) is 5.69 Å². The minimum absolute atomic E-state index is 0.0854. The van der Waals surface area contributed by atoms with Crippen LogP contribution in [-0.4, -0.2) is 45.9 Å². The smallest absolute Gasteiger partial charge is 0.238 e. The summed E-state index contributed by atoms with van der Waals surface area (Å²) in [6, 6.07) is 10.2. The van der Waals surface area contributed by atoms with E-state index in [1.807, 2.05) is 30.5 Å². The molecule has 2 saturated heterocycles. The van der Waals surface area contributed by atoms with Crippen LogP contribution in [0.25, 0.3) is 0 Å². The summed E-state index contributed by atoms with van der Waals surface area (Å²) < 4.78 is 0. The largest absolute Gasteiger partial charge is 0.352 e. The zero-order valence-electron chi connectivity index (χ0n) is 15.3. The van der Waals surface area contributed by atoms with Crippen LogP contribution in [0.1, 0.15) is 36.6 Å². The molecule has 27 heavy (non-hydrogen) atoms. The average Bonchev–Trinajstić information content (AvgIpc) is 3.21. The Labute approximate surface area is 159 Å². The lowest BCUT2D eigenvalue weighted by atomic mass is 10.0. The number of rotatable bonds is 5. The third kappa shape index (κ3) is 4.68. The Bertz CT molecular complexity index is 733. The van der Waals surface area contributed by atoms with Crippen molar-refractivity contribution in [2.45, 2.75) is 43.9 Å². The van der Waals surface area contributed by atoms with Gasteiger partial charge in [0.15, 0.2) is 0 Å². The molecule has 2 aliphatic rings. The monoisotopic (exact) mass is 366 g/mol. The number of pyridine rings is 2. The summed E-state index contributed by atoms with van der Waals surface area (Å²) in [4.78, 5) is 23.5. The summed E-state index contributed by atoms with van der Waals surface area (Å²) in [5.41, 5.74) is 8.61. The summed E-state index contributed by atoms with van der Waals surface area (Å²) in [6.45, 7) is 2.85. The molecule has 2 aromatic heterocycles. The van der Waals surface area contributed by atoms with Gasteiger partial charge in [-0.1, -0.05) is 6.07 Å². The Kier molecular flexibility index (Phi) is 5.72. The minimum atomic E-state index is -0.199. The van der Waals surface area contributed by atoms with Crippen LogP contribution in [0.15, 0.2) is 48.9 Å². The molecule has 2 aliphatic heterocycles. The Balaban J connectivity index is 1.22. The Morgan fingerprint density at radius 3 is 2.67 bits per heavy atom. The van der Waals surface area contributed by atoms with Crippen molar-refractivity contribution in [3.05, 3.63) is 60.2 Å². The van der Waals surface area contributed by atoms with Crippen molar-refractivity contribution in [1.82, 2.24) is 31.0 Å². The second kappa shape index (κ2) is 8.56. The molecule has 3 N–H and O–H groups in total. The summed E-state index contributed by atoms with van der Waals surface area (Å²) in [7, 11) is 0. The van der Waals surface area contributed by atoms with E-state index >= 15 is 0 Å². The van der Waals surface area contributed by atoms with Crippen LogP contribution >= 0.6 is 0 Å². The first kappa shape index (κ1) is 18.0. The Hall–Kier alpha value is -2.35. The Morgan fingerprint density at radius 2 is 1.93 bits per heavy atom. The summed E-state index contributed by atoms with van der Waals surface area (Å²) in [6.07, 6.45) is 8.10. The number of likely N-dealkylation sites (tertiary alicyclic amines) is 1. The van der Waals surface area contributed by atoms with E-state index in [4.69, 9.17) is 0 Å². The zero-order valence-corrected chi connectivity index (χ0v) is 15.3. The molecule has 2 unspecified atom stereocenters. The number of aromatic nitrogens is 2. The van der Waals surface area contributed by atoms with Crippen molar-refractivity contribution in [3.8, 4) is 0 Å². The predicted molar refractivity (Wildman–Crippen MR) is 102 cm³/mol. The first-order valence-electron chi connectivity index (χ1n) is 9.61. The normalized spacial score (nSPS) is 24.0. The van der Waals surface area contributed by atoms with E-state index < -0.39 is 0 Å². The molecule has 2 fully saturated rings. The topological polar surface area (TPSA) is 82.2 Å². The molecule has 2 atom stereocenters. The molecule has 2 aromatic rings. The number of piperidine rings is 1. The predicted octanol–water partition coefficient (Wildman–Crippen LogP) is 1.16. The van der Waals surface area contributed by atoms with Gasteiger partial charge in [0, 0.05) is 50.3 Å². The van der Waals surface area contributed by atoms with Gasteiger partial charge >= 0.3 is 0 Å². The highest BCUT2D eigenvalue weighted by atomic mass is 16.2. The van der Waals surface area contributed by atoms with E-state index in [2.05, 4.69) is 37.1 Å². The van der Waals surface area contributed by atoms with Crippen molar-refractivity contribution in [2.24, 2.45) is 0 Å². The fourth-order valence-electron chi connectivity index (χ4n) is 3.80. The molecule has 7 nitrogen and oxygen atoms in total. The summed E-state index contributed by atoms with van der Waals surface area (Å²) in [5, 5.41) is 3.22. The minimum Gasteiger partial charge on any atom is -0.352 e. The first-order valence-corrected chi connectivity index (χ1v) is 9.61. The van der Waals surface area contributed by atoms with Gasteiger partial charge in [-0.05, 0) is 49.1 Å². The van der Waals surface area contributed by atoms with Crippen LogP contribution in [0.5, 0.6) is 0 Å². The van der Waals surface area contributed by atoms with Crippen LogP contribution < -0.4 is 16.2 Å². The summed E-state index contributed by atoms with van der Waals surface area (Å²) in [5.74, 6) is 0.0854. The van der Waals surface area contributed by atoms with Gasteiger partial charge in [-0.3, -0.25) is 19.7 Å². The van der Waals surface area contributed by atoms with Crippen LogP contribution in [0.3, 0.4) is 0 Å². The SMILES string of the molecule is O=C(NC1CCN(Cc2ccccn2)CC1)C1CC(c2ccncc2)NN1. The van der Waals surface area contributed by atoms with E-state index in [0.29, 0.717) is 0 Å². The van der Waals surface area contributed by atoms with Crippen molar-refractivity contribution >= 4 is 5.91 Å². The molecule has 4 rings (SSSR count). The van der Waals surface area contributed by atoms with Crippen molar-refractivity contribution in [2.75, 3.05) is 13.1 Å². The fourth-order valence-corrected chi connectivity index (χ4v) is 3.80. The quantitative estimate of drug-likeness (QED) is 0.737. The van der Waals surface area contributed by atoms with Gasteiger partial charge in [-0.25, -0.2) is 10.9 Å². The van der Waals surface area contributed by atoms with Crippen molar-refractivity contribution < 1.29 is 4.79 Å². The molecule has 1 amide bonds. The van der Waals surface area contributed by atoms with Gasteiger partial charge in [-0.15, -0.1) is 0 Å². The third-order valence-corrected chi connectivity index (χ3v) is 5.37. The van der Waals surface area contributed by atoms with Gasteiger partial charge in [-0.2, -0.15) is 0 Å². The first-order chi connectivity index (χ1) is 13.3. The molecule has 0 bridgehead atoms. The molecular weight excluding hydrogens is 340 g/mol. The highest BCUT2D eigenvalue weighted by Gasteiger charge is 2.31. The molecule has 0 spiro atoms. The number of nitrogens with one attached hydrogen (secondary N) is 3. The van der Waals surface area contributed by atoms with Crippen LogP contribution in [0.4, 0.5) is 0 Å². The van der Waals surface area contributed by atoms with E-state index in [0.717, 1.165) is 50.2 Å². The molecule has 0 aromatic carbocycles. The van der Waals surface area contributed by atoms with Crippen molar-refractivity contribution in [1.29, 1.82) is 0 Å².